The predicted octanol–water partition coefficient (Wildman–Crippen LogP) is 5.39. The Balaban J connectivity index is 1.51. The van der Waals surface area contributed by atoms with Gasteiger partial charge in [0.2, 0.25) is 0 Å². The van der Waals surface area contributed by atoms with E-state index in [1.165, 1.54) is 47.2 Å². The van der Waals surface area contributed by atoms with E-state index in [2.05, 4.69) is 9.97 Å². The highest BCUT2D eigenvalue weighted by Gasteiger charge is 2.08. The van der Waals surface area contributed by atoms with E-state index in [1.54, 1.807) is 47.4 Å². The number of hydrogen-bond donors (Lipinski definition) is 2. The van der Waals surface area contributed by atoms with Crippen LogP contribution in [0.2, 0.25) is 0 Å². The zero-order chi connectivity index (χ0) is 23.2. The van der Waals surface area contributed by atoms with Crippen LogP contribution >= 0.6 is 22.7 Å². The van der Waals surface area contributed by atoms with E-state index in [4.69, 9.17) is 0 Å². The van der Waals surface area contributed by atoms with Gasteiger partial charge in [0, 0.05) is 23.5 Å². The summed E-state index contributed by atoms with van der Waals surface area (Å²) < 4.78 is 0. The summed E-state index contributed by atoms with van der Waals surface area (Å²) in [5.41, 5.74) is 6.07. The van der Waals surface area contributed by atoms with Gasteiger partial charge >= 0.3 is 0 Å². The number of aromatic nitrogens is 2. The van der Waals surface area contributed by atoms with Crippen molar-refractivity contribution in [2.24, 2.45) is 0 Å². The molecule has 4 rings (SSSR count). The highest BCUT2D eigenvalue weighted by molar-refractivity contribution is 7.12. The summed E-state index contributed by atoms with van der Waals surface area (Å²) in [7, 11) is 0. The van der Waals surface area contributed by atoms with E-state index in [-0.39, 0.29) is 23.1 Å². The average Bonchev–Trinajstić information content (AvgIpc) is 3.54. The number of hydrogen-bond acceptors (Lipinski definition) is 8. The van der Waals surface area contributed by atoms with Crippen LogP contribution in [0.5, 0.6) is 11.5 Å². The molecule has 33 heavy (non-hydrogen) atoms. The fraction of sp³-hybridized carbons (Fsp3) is 0.0400. The number of phenolic OH excluding ortho intramolecular Hbond substituents is 2. The molecule has 0 fully saturated rings. The van der Waals surface area contributed by atoms with Gasteiger partial charge < -0.3 is 10.2 Å². The Morgan fingerprint density at radius 1 is 0.758 bits per heavy atom. The molecule has 0 aliphatic carbocycles. The number of allylic oxidation sites excluding steroid dienone is 2. The van der Waals surface area contributed by atoms with Gasteiger partial charge in [0.25, 0.3) is 0 Å². The van der Waals surface area contributed by atoms with E-state index < -0.39 is 0 Å². The third-order valence-electron chi connectivity index (χ3n) is 4.77. The van der Waals surface area contributed by atoms with Gasteiger partial charge in [-0.1, -0.05) is 12.1 Å². The van der Waals surface area contributed by atoms with Crippen molar-refractivity contribution >= 4 is 46.4 Å². The highest BCUT2D eigenvalue weighted by atomic mass is 32.1. The van der Waals surface area contributed by atoms with E-state index in [1.807, 2.05) is 12.1 Å². The Bertz CT molecular complexity index is 1240. The van der Waals surface area contributed by atoms with Crippen molar-refractivity contribution in [3.63, 3.8) is 0 Å². The molecule has 8 heteroatoms. The molecule has 164 valence electrons. The van der Waals surface area contributed by atoms with Gasteiger partial charge in [0.05, 0.1) is 20.8 Å². The van der Waals surface area contributed by atoms with Crippen LogP contribution in [0.1, 0.15) is 41.6 Å². The molecule has 0 atom stereocenters. The van der Waals surface area contributed by atoms with Gasteiger partial charge in [0.15, 0.2) is 11.6 Å². The number of carbonyl (C=O) groups is 2. The number of nitrogens with zero attached hydrogens (tertiary/aromatic N) is 2. The number of ketones is 2. The maximum Gasteiger partial charge on any atom is 0.197 e. The van der Waals surface area contributed by atoms with Crippen LogP contribution in [-0.4, -0.2) is 31.7 Å². The SMILES string of the molecule is O=C(/C=C/c1cc(Cc2ccc(O)c(/C=C/C(=O)c3cncs3)c2)ccc1O)c1cncs1. The molecule has 0 radical (unpaired) electrons. The molecule has 0 spiro atoms. The van der Waals surface area contributed by atoms with Gasteiger partial charge in [-0.3, -0.25) is 19.6 Å². The molecule has 2 N–H and O–H groups in total. The summed E-state index contributed by atoms with van der Waals surface area (Å²) in [6, 6.07) is 10.4. The van der Waals surface area contributed by atoms with E-state index in [0.717, 1.165) is 11.1 Å². The minimum Gasteiger partial charge on any atom is -0.507 e. The van der Waals surface area contributed by atoms with Gasteiger partial charge in [-0.05, 0) is 66.1 Å². The molecular weight excluding hydrogens is 456 g/mol. The molecule has 2 heterocycles. The van der Waals surface area contributed by atoms with Crippen LogP contribution in [-0.2, 0) is 6.42 Å². The van der Waals surface area contributed by atoms with Crippen LogP contribution in [0.25, 0.3) is 12.2 Å². The molecule has 0 saturated carbocycles. The van der Waals surface area contributed by atoms with Crippen LogP contribution in [0.3, 0.4) is 0 Å². The third kappa shape index (κ3) is 5.68. The van der Waals surface area contributed by atoms with Crippen molar-refractivity contribution < 1.29 is 19.8 Å². The number of aromatic hydroxyl groups is 2. The fourth-order valence-electron chi connectivity index (χ4n) is 3.10. The Morgan fingerprint density at radius 2 is 1.21 bits per heavy atom. The van der Waals surface area contributed by atoms with Crippen LogP contribution in [0, 0.1) is 0 Å². The predicted molar refractivity (Wildman–Crippen MR) is 130 cm³/mol. The Labute approximate surface area is 197 Å². The molecule has 0 amide bonds. The van der Waals surface area contributed by atoms with Crippen LogP contribution in [0.4, 0.5) is 0 Å². The second kappa shape index (κ2) is 10.2. The van der Waals surface area contributed by atoms with Gasteiger partial charge in [-0.15, -0.1) is 22.7 Å². The van der Waals surface area contributed by atoms with Crippen molar-refractivity contribution in [1.82, 2.24) is 9.97 Å². The average molecular weight is 475 g/mol. The monoisotopic (exact) mass is 474 g/mol. The van der Waals surface area contributed by atoms with Crippen molar-refractivity contribution in [2.75, 3.05) is 0 Å². The second-order valence-electron chi connectivity index (χ2n) is 7.09. The third-order valence-corrected chi connectivity index (χ3v) is 6.35. The summed E-state index contributed by atoms with van der Waals surface area (Å²) in [6.07, 6.45) is 9.54. The Hall–Kier alpha value is -3.88. The smallest absolute Gasteiger partial charge is 0.197 e. The number of phenols is 2. The first-order chi connectivity index (χ1) is 16.0. The first-order valence-electron chi connectivity index (χ1n) is 9.85. The molecule has 0 aliphatic heterocycles. The van der Waals surface area contributed by atoms with E-state index >= 15 is 0 Å². The number of carbonyl (C=O) groups excluding carboxylic acids is 2. The number of thiazole rings is 2. The highest BCUT2D eigenvalue weighted by Crippen LogP contribution is 2.25. The lowest BCUT2D eigenvalue weighted by atomic mass is 9.99. The van der Waals surface area contributed by atoms with Gasteiger partial charge in [-0.2, -0.15) is 0 Å². The summed E-state index contributed by atoms with van der Waals surface area (Å²) in [5, 5.41) is 20.4. The largest absolute Gasteiger partial charge is 0.507 e. The first kappa shape index (κ1) is 22.3. The quantitative estimate of drug-likeness (QED) is 0.262. The van der Waals surface area contributed by atoms with Gasteiger partial charge in [-0.25, -0.2) is 0 Å². The van der Waals surface area contributed by atoms with Crippen molar-refractivity contribution in [1.29, 1.82) is 0 Å². The Morgan fingerprint density at radius 3 is 1.61 bits per heavy atom. The standard InChI is InChI=1S/C25H18N2O4S2/c28-20-5-1-16(10-18(20)3-7-22(30)24-12-26-14-32-24)9-17-2-6-21(29)19(11-17)4-8-23(31)25-13-27-15-33-25/h1-8,10-15,28-29H,9H2/b7-3+,8-4+. The molecule has 0 saturated heterocycles. The number of rotatable bonds is 8. The topological polar surface area (TPSA) is 100 Å². The molecular formula is C25H18N2O4S2. The number of benzene rings is 2. The van der Waals surface area contributed by atoms with Gasteiger partial charge in [0.1, 0.15) is 11.5 Å². The molecule has 4 aromatic rings. The molecule has 0 unspecified atom stereocenters. The zero-order valence-electron chi connectivity index (χ0n) is 17.2. The maximum atomic E-state index is 12.2. The first-order valence-corrected chi connectivity index (χ1v) is 11.6. The van der Waals surface area contributed by atoms with E-state index in [9.17, 15) is 19.8 Å². The van der Waals surface area contributed by atoms with Crippen molar-refractivity contribution in [3.8, 4) is 11.5 Å². The lowest BCUT2D eigenvalue weighted by Crippen LogP contribution is -1.92. The second-order valence-corrected chi connectivity index (χ2v) is 8.86. The summed E-state index contributed by atoms with van der Waals surface area (Å²) >= 11 is 2.52. The zero-order valence-corrected chi connectivity index (χ0v) is 18.8. The Kier molecular flexibility index (Phi) is 6.87. The summed E-state index contributed by atoms with van der Waals surface area (Å²) in [4.78, 5) is 33.2. The fourth-order valence-corrected chi connectivity index (χ4v) is 4.18. The molecule has 2 aromatic heterocycles. The molecule has 0 aliphatic rings. The summed E-state index contributed by atoms with van der Waals surface area (Å²) in [6.45, 7) is 0. The lowest BCUT2D eigenvalue weighted by molar-refractivity contribution is 0.104. The van der Waals surface area contributed by atoms with Crippen molar-refractivity contribution in [2.45, 2.75) is 6.42 Å². The maximum absolute atomic E-state index is 12.2. The normalized spacial score (nSPS) is 11.4. The minimum absolute atomic E-state index is 0.0722. The molecule has 2 aromatic carbocycles. The molecule has 0 bridgehead atoms. The van der Waals surface area contributed by atoms with Crippen LogP contribution in [0.15, 0.2) is 72.0 Å². The van der Waals surface area contributed by atoms with Crippen molar-refractivity contribution in [3.05, 3.63) is 104 Å². The summed E-state index contributed by atoms with van der Waals surface area (Å²) in [5.74, 6) is -0.207. The van der Waals surface area contributed by atoms with E-state index in [0.29, 0.717) is 27.3 Å². The molecule has 6 nitrogen and oxygen atoms in total. The van der Waals surface area contributed by atoms with Crippen LogP contribution < -0.4 is 0 Å². The lowest BCUT2D eigenvalue weighted by Gasteiger charge is -2.07. The minimum atomic E-state index is -0.176.